The number of hydrogen-bond donors (Lipinski definition) is 1. The maximum absolute atomic E-state index is 10.9. The van der Waals surface area contributed by atoms with Gasteiger partial charge in [-0.15, -0.1) is 0 Å². The highest BCUT2D eigenvalue weighted by Crippen LogP contribution is 2.29. The fraction of sp³-hybridized carbons (Fsp3) is 0.923. The minimum Gasteiger partial charge on any atom is -0.480 e. The zero-order valence-electron chi connectivity index (χ0n) is 10.9. The molecule has 0 aromatic heterocycles. The molecule has 2 rings (SSSR count). The number of rotatable bonds is 4. The topological polar surface area (TPSA) is 43.8 Å². The Morgan fingerprint density at radius 2 is 2.18 bits per heavy atom. The van der Waals surface area contributed by atoms with E-state index in [9.17, 15) is 4.79 Å². The second-order valence-electron chi connectivity index (χ2n) is 5.67. The Balaban J connectivity index is 1.97. The van der Waals surface area contributed by atoms with Crippen LogP contribution in [0.2, 0.25) is 0 Å². The summed E-state index contributed by atoms with van der Waals surface area (Å²) >= 11 is 0. The van der Waals surface area contributed by atoms with E-state index in [0.29, 0.717) is 18.1 Å². The number of carboxylic acid groups (broad SMARTS) is 1. The Morgan fingerprint density at radius 1 is 1.41 bits per heavy atom. The number of hydrogen-bond acceptors (Lipinski definition) is 3. The summed E-state index contributed by atoms with van der Waals surface area (Å²) < 4.78 is 0. The molecule has 17 heavy (non-hydrogen) atoms. The lowest BCUT2D eigenvalue weighted by molar-refractivity contribution is -0.140. The average Bonchev–Trinajstić information content (AvgIpc) is 2.72. The highest BCUT2D eigenvalue weighted by Gasteiger charge is 2.35. The van der Waals surface area contributed by atoms with Crippen LogP contribution < -0.4 is 0 Å². The summed E-state index contributed by atoms with van der Waals surface area (Å²) in [5, 5.41) is 9.00. The Labute approximate surface area is 104 Å². The van der Waals surface area contributed by atoms with Crippen LogP contribution in [0, 0.1) is 0 Å². The lowest BCUT2D eigenvalue weighted by Gasteiger charge is -2.41. The van der Waals surface area contributed by atoms with Crippen molar-refractivity contribution in [2.45, 2.75) is 57.7 Å². The molecule has 0 aliphatic carbocycles. The molecule has 2 atom stereocenters. The first-order valence-corrected chi connectivity index (χ1v) is 6.79. The molecule has 4 nitrogen and oxygen atoms in total. The fourth-order valence-corrected chi connectivity index (χ4v) is 3.39. The number of nitrogens with zero attached hydrogens (tertiary/aromatic N) is 2. The van der Waals surface area contributed by atoms with E-state index >= 15 is 0 Å². The Bertz CT molecular complexity index is 281. The molecule has 2 heterocycles. The van der Waals surface area contributed by atoms with Crippen molar-refractivity contribution in [1.82, 2.24) is 9.80 Å². The quantitative estimate of drug-likeness (QED) is 0.807. The van der Waals surface area contributed by atoms with Gasteiger partial charge in [0.05, 0.1) is 6.54 Å². The van der Waals surface area contributed by atoms with Crippen molar-refractivity contribution < 1.29 is 9.90 Å². The van der Waals surface area contributed by atoms with Gasteiger partial charge >= 0.3 is 5.97 Å². The highest BCUT2D eigenvalue weighted by molar-refractivity contribution is 5.69. The van der Waals surface area contributed by atoms with Crippen LogP contribution in [-0.4, -0.2) is 58.6 Å². The summed E-state index contributed by atoms with van der Waals surface area (Å²) in [7, 11) is 0. The lowest BCUT2D eigenvalue weighted by atomic mass is 9.95. The smallest absolute Gasteiger partial charge is 0.317 e. The number of carbonyl (C=O) groups is 1. The number of piperidine rings is 1. The van der Waals surface area contributed by atoms with Gasteiger partial charge in [0.1, 0.15) is 0 Å². The Hall–Kier alpha value is -0.610. The zero-order valence-corrected chi connectivity index (χ0v) is 10.9. The van der Waals surface area contributed by atoms with Gasteiger partial charge in [0.15, 0.2) is 0 Å². The zero-order chi connectivity index (χ0) is 12.4. The molecule has 98 valence electrons. The molecule has 2 saturated heterocycles. The van der Waals surface area contributed by atoms with E-state index < -0.39 is 5.97 Å². The first-order chi connectivity index (χ1) is 8.08. The van der Waals surface area contributed by atoms with Crippen molar-refractivity contribution in [3.8, 4) is 0 Å². The molecule has 2 fully saturated rings. The van der Waals surface area contributed by atoms with Gasteiger partial charge in [-0.3, -0.25) is 9.69 Å². The van der Waals surface area contributed by atoms with E-state index in [1.807, 2.05) is 0 Å². The molecule has 0 amide bonds. The van der Waals surface area contributed by atoms with E-state index in [1.165, 1.54) is 19.4 Å². The number of carboxylic acids is 1. The summed E-state index contributed by atoms with van der Waals surface area (Å²) in [6.07, 6.45) is 4.90. The van der Waals surface area contributed by atoms with Gasteiger partial charge in [-0.2, -0.15) is 0 Å². The van der Waals surface area contributed by atoms with E-state index in [2.05, 4.69) is 23.6 Å². The van der Waals surface area contributed by atoms with Crippen molar-refractivity contribution in [1.29, 1.82) is 0 Å². The first kappa shape index (κ1) is 12.8. The van der Waals surface area contributed by atoms with Crippen LogP contribution in [0.4, 0.5) is 0 Å². The van der Waals surface area contributed by atoms with Gasteiger partial charge < -0.3 is 10.0 Å². The molecule has 0 aromatic carbocycles. The van der Waals surface area contributed by atoms with Crippen LogP contribution in [0.1, 0.15) is 39.5 Å². The van der Waals surface area contributed by atoms with Crippen molar-refractivity contribution in [2.75, 3.05) is 19.6 Å². The molecule has 0 aromatic rings. The standard InChI is InChI=1S/C13H24N2O2/c1-10(2)15(9-13(16)17)12-5-7-14-6-3-4-11(14)8-12/h10-12H,3-9H2,1-2H3,(H,16,17). The molecular weight excluding hydrogens is 216 g/mol. The summed E-state index contributed by atoms with van der Waals surface area (Å²) in [5.41, 5.74) is 0. The first-order valence-electron chi connectivity index (χ1n) is 6.79. The van der Waals surface area contributed by atoms with Crippen molar-refractivity contribution in [2.24, 2.45) is 0 Å². The van der Waals surface area contributed by atoms with Crippen molar-refractivity contribution >= 4 is 5.97 Å². The summed E-state index contributed by atoms with van der Waals surface area (Å²) in [6, 6.07) is 1.50. The van der Waals surface area contributed by atoms with Gasteiger partial charge in [0.25, 0.3) is 0 Å². The monoisotopic (exact) mass is 240 g/mol. The van der Waals surface area contributed by atoms with E-state index in [1.54, 1.807) is 0 Å². The normalized spacial score (nSPS) is 29.9. The van der Waals surface area contributed by atoms with E-state index in [4.69, 9.17) is 5.11 Å². The second kappa shape index (κ2) is 5.36. The lowest BCUT2D eigenvalue weighted by Crippen LogP contribution is -2.51. The molecule has 0 saturated carbocycles. The van der Waals surface area contributed by atoms with Gasteiger partial charge in [-0.05, 0) is 52.6 Å². The van der Waals surface area contributed by atoms with Crippen LogP contribution in [-0.2, 0) is 4.79 Å². The van der Waals surface area contributed by atoms with Crippen molar-refractivity contribution in [3.63, 3.8) is 0 Å². The van der Waals surface area contributed by atoms with Crippen LogP contribution in [0.15, 0.2) is 0 Å². The average molecular weight is 240 g/mol. The molecule has 0 radical (unpaired) electrons. The molecule has 2 aliphatic rings. The molecule has 1 N–H and O–H groups in total. The third-order valence-corrected chi connectivity index (χ3v) is 4.24. The summed E-state index contributed by atoms with van der Waals surface area (Å²) in [4.78, 5) is 15.7. The van der Waals surface area contributed by atoms with E-state index in [-0.39, 0.29) is 6.54 Å². The van der Waals surface area contributed by atoms with Crippen LogP contribution in [0.25, 0.3) is 0 Å². The van der Waals surface area contributed by atoms with Gasteiger partial charge in [-0.1, -0.05) is 0 Å². The van der Waals surface area contributed by atoms with E-state index in [0.717, 1.165) is 19.4 Å². The van der Waals surface area contributed by atoms with Gasteiger partial charge in [0, 0.05) is 18.1 Å². The highest BCUT2D eigenvalue weighted by atomic mass is 16.4. The van der Waals surface area contributed by atoms with Crippen LogP contribution in [0.5, 0.6) is 0 Å². The predicted molar refractivity (Wildman–Crippen MR) is 67.1 cm³/mol. The van der Waals surface area contributed by atoms with Crippen molar-refractivity contribution in [3.05, 3.63) is 0 Å². The largest absolute Gasteiger partial charge is 0.480 e. The maximum Gasteiger partial charge on any atom is 0.317 e. The molecule has 2 aliphatic heterocycles. The van der Waals surface area contributed by atoms with Gasteiger partial charge in [0.2, 0.25) is 0 Å². The maximum atomic E-state index is 10.9. The number of fused-ring (bicyclic) bond motifs is 1. The third-order valence-electron chi connectivity index (χ3n) is 4.24. The molecule has 0 bridgehead atoms. The molecule has 4 heteroatoms. The Morgan fingerprint density at radius 3 is 2.82 bits per heavy atom. The minimum atomic E-state index is -0.701. The summed E-state index contributed by atoms with van der Waals surface area (Å²) in [5.74, 6) is -0.701. The molecule has 2 unspecified atom stereocenters. The van der Waals surface area contributed by atoms with Gasteiger partial charge in [-0.25, -0.2) is 0 Å². The summed E-state index contributed by atoms with van der Waals surface area (Å²) in [6.45, 7) is 6.79. The molecular formula is C13H24N2O2. The van der Waals surface area contributed by atoms with Crippen LogP contribution in [0.3, 0.4) is 0 Å². The predicted octanol–water partition coefficient (Wildman–Crippen LogP) is 1.41. The fourth-order valence-electron chi connectivity index (χ4n) is 3.39. The molecule has 0 spiro atoms. The SMILES string of the molecule is CC(C)N(CC(=O)O)C1CCN2CCCC2C1. The second-order valence-corrected chi connectivity index (χ2v) is 5.67. The van der Waals surface area contributed by atoms with Crippen LogP contribution >= 0.6 is 0 Å². The third kappa shape index (κ3) is 2.99. The Kier molecular flexibility index (Phi) is 4.05. The number of aliphatic carboxylic acids is 1. The minimum absolute atomic E-state index is 0.190.